The lowest BCUT2D eigenvalue weighted by Crippen LogP contribution is -2.45. The third-order valence-corrected chi connectivity index (χ3v) is 6.00. The number of hydrogen-bond acceptors (Lipinski definition) is 6. The van der Waals surface area contributed by atoms with Gasteiger partial charge in [0.2, 0.25) is 0 Å². The summed E-state index contributed by atoms with van der Waals surface area (Å²) < 4.78 is 0. The maximum Gasteiger partial charge on any atom is 0.133 e. The van der Waals surface area contributed by atoms with Crippen LogP contribution in [0.4, 0.5) is 0 Å². The molecule has 6 heteroatoms. The minimum atomic E-state index is 0.365. The van der Waals surface area contributed by atoms with Crippen LogP contribution < -0.4 is 5.32 Å². The van der Waals surface area contributed by atoms with Gasteiger partial charge in [-0.15, -0.1) is 22.7 Å². The third kappa shape index (κ3) is 3.35. The normalized spacial score (nSPS) is 19.0. The summed E-state index contributed by atoms with van der Waals surface area (Å²) in [5, 5.41) is 8.91. The molecule has 3 aromatic rings. The highest BCUT2D eigenvalue weighted by Crippen LogP contribution is 2.29. The lowest BCUT2D eigenvalue weighted by atomic mass is 10.1. The van der Waals surface area contributed by atoms with E-state index in [4.69, 9.17) is 4.98 Å². The molecule has 0 aliphatic carbocycles. The van der Waals surface area contributed by atoms with Crippen LogP contribution in [0.15, 0.2) is 47.4 Å². The summed E-state index contributed by atoms with van der Waals surface area (Å²) in [7, 11) is 0. The Hall–Kier alpha value is -1.60. The van der Waals surface area contributed by atoms with E-state index in [1.165, 1.54) is 10.4 Å². The Kier molecular flexibility index (Phi) is 4.48. The summed E-state index contributed by atoms with van der Waals surface area (Å²) in [5.74, 6) is 0. The van der Waals surface area contributed by atoms with Crippen LogP contribution >= 0.6 is 22.7 Å². The van der Waals surface area contributed by atoms with Crippen LogP contribution in [0.5, 0.6) is 0 Å². The Bertz CT molecular complexity index is 739. The summed E-state index contributed by atoms with van der Waals surface area (Å²) in [6.45, 7) is 3.92. The van der Waals surface area contributed by atoms with Crippen LogP contribution in [-0.2, 0) is 6.54 Å². The van der Waals surface area contributed by atoms with Gasteiger partial charge in [-0.1, -0.05) is 12.1 Å². The molecule has 4 rings (SSSR count). The molecule has 0 amide bonds. The summed E-state index contributed by atoms with van der Waals surface area (Å²) in [6, 6.07) is 8.76. The monoisotopic (exact) mass is 342 g/mol. The van der Waals surface area contributed by atoms with E-state index in [0.29, 0.717) is 6.04 Å². The summed E-state index contributed by atoms with van der Waals surface area (Å²) in [4.78, 5) is 12.9. The molecule has 1 atom stereocenters. The Morgan fingerprint density at radius 1 is 1.26 bits per heavy atom. The van der Waals surface area contributed by atoms with Crippen molar-refractivity contribution in [2.45, 2.75) is 12.6 Å². The third-order valence-electron chi connectivity index (χ3n) is 4.07. The zero-order valence-corrected chi connectivity index (χ0v) is 14.3. The first-order chi connectivity index (χ1) is 11.4. The molecule has 0 radical (unpaired) electrons. The molecule has 0 bridgehead atoms. The van der Waals surface area contributed by atoms with Crippen molar-refractivity contribution >= 4 is 22.7 Å². The van der Waals surface area contributed by atoms with E-state index in [-0.39, 0.29) is 0 Å². The van der Waals surface area contributed by atoms with Crippen molar-refractivity contribution in [1.82, 2.24) is 20.2 Å². The second-order valence-corrected chi connectivity index (χ2v) is 7.40. The van der Waals surface area contributed by atoms with Crippen LogP contribution in [0.1, 0.15) is 17.3 Å². The van der Waals surface area contributed by atoms with E-state index in [1.54, 1.807) is 22.7 Å². The van der Waals surface area contributed by atoms with Gasteiger partial charge in [-0.3, -0.25) is 9.88 Å². The second-order valence-electron chi connectivity index (χ2n) is 5.60. The molecule has 1 unspecified atom stereocenters. The number of piperazine rings is 1. The van der Waals surface area contributed by atoms with Crippen molar-refractivity contribution < 1.29 is 0 Å². The fraction of sp³-hybridized carbons (Fsp3) is 0.294. The molecular weight excluding hydrogens is 324 g/mol. The van der Waals surface area contributed by atoms with Gasteiger partial charge in [0.15, 0.2) is 0 Å². The number of rotatable bonds is 4. The van der Waals surface area contributed by atoms with Crippen LogP contribution in [0.25, 0.3) is 9.88 Å². The molecule has 0 aromatic carbocycles. The van der Waals surface area contributed by atoms with Crippen molar-refractivity contribution in [3.8, 4) is 9.88 Å². The first-order valence-electron chi connectivity index (χ1n) is 7.73. The van der Waals surface area contributed by atoms with Gasteiger partial charge in [0.25, 0.3) is 0 Å². The predicted molar refractivity (Wildman–Crippen MR) is 95.7 cm³/mol. The zero-order valence-electron chi connectivity index (χ0n) is 12.7. The van der Waals surface area contributed by atoms with E-state index in [1.807, 2.05) is 18.5 Å². The van der Waals surface area contributed by atoms with Gasteiger partial charge in [0, 0.05) is 50.0 Å². The molecule has 1 fully saturated rings. The van der Waals surface area contributed by atoms with E-state index >= 15 is 0 Å². The number of aromatic nitrogens is 2. The van der Waals surface area contributed by atoms with Crippen molar-refractivity contribution in [2.24, 2.45) is 0 Å². The van der Waals surface area contributed by atoms with Crippen LogP contribution in [0.3, 0.4) is 0 Å². The van der Waals surface area contributed by atoms with E-state index < -0.39 is 0 Å². The number of thiophene rings is 1. The minimum absolute atomic E-state index is 0.365. The van der Waals surface area contributed by atoms with Gasteiger partial charge in [-0.25, -0.2) is 4.98 Å². The number of pyridine rings is 1. The average Bonchev–Trinajstić information content (AvgIpc) is 3.27. The molecule has 1 saturated heterocycles. The molecule has 0 saturated carbocycles. The van der Waals surface area contributed by atoms with Gasteiger partial charge in [0.1, 0.15) is 5.01 Å². The number of hydrogen-bond donors (Lipinski definition) is 1. The van der Waals surface area contributed by atoms with Gasteiger partial charge >= 0.3 is 0 Å². The van der Waals surface area contributed by atoms with Gasteiger partial charge < -0.3 is 5.32 Å². The van der Waals surface area contributed by atoms with Crippen LogP contribution in [0.2, 0.25) is 0 Å². The zero-order chi connectivity index (χ0) is 15.5. The highest BCUT2D eigenvalue weighted by atomic mass is 32.1. The molecule has 4 heterocycles. The highest BCUT2D eigenvalue weighted by Gasteiger charge is 2.24. The Labute approximate surface area is 143 Å². The van der Waals surface area contributed by atoms with E-state index in [0.717, 1.165) is 36.9 Å². The first kappa shape index (κ1) is 15.0. The predicted octanol–water partition coefficient (Wildman–Crippen LogP) is 3.41. The van der Waals surface area contributed by atoms with E-state index in [9.17, 15) is 0 Å². The molecule has 3 aromatic heterocycles. The fourth-order valence-electron chi connectivity index (χ4n) is 2.94. The molecular formula is C17H18N4S2. The summed E-state index contributed by atoms with van der Waals surface area (Å²) in [6.07, 6.45) is 3.81. The highest BCUT2D eigenvalue weighted by molar-refractivity contribution is 7.20. The van der Waals surface area contributed by atoms with Crippen LogP contribution in [0, 0.1) is 0 Å². The molecule has 23 heavy (non-hydrogen) atoms. The standard InChI is InChI=1S/C17H18N4S2/c1-3-13(9-18-5-1)15-10-19-6-7-21(15)11-14-12-23-17(20-14)16-4-2-8-22-16/h1-5,8-9,12,15,19H,6-7,10-11H2. The Morgan fingerprint density at radius 3 is 3.09 bits per heavy atom. The fourth-order valence-corrected chi connectivity index (χ4v) is 4.56. The molecule has 1 N–H and O–H groups in total. The quantitative estimate of drug-likeness (QED) is 0.789. The van der Waals surface area contributed by atoms with Crippen molar-refractivity contribution in [3.63, 3.8) is 0 Å². The maximum atomic E-state index is 4.83. The minimum Gasteiger partial charge on any atom is -0.314 e. The average molecular weight is 342 g/mol. The van der Waals surface area contributed by atoms with Crippen molar-refractivity contribution in [3.05, 3.63) is 58.7 Å². The van der Waals surface area contributed by atoms with E-state index in [2.05, 4.69) is 44.2 Å². The maximum absolute atomic E-state index is 4.83. The van der Waals surface area contributed by atoms with Gasteiger partial charge in [0.05, 0.1) is 10.6 Å². The van der Waals surface area contributed by atoms with Crippen molar-refractivity contribution in [2.75, 3.05) is 19.6 Å². The van der Waals surface area contributed by atoms with Crippen LogP contribution in [-0.4, -0.2) is 34.5 Å². The lowest BCUT2D eigenvalue weighted by molar-refractivity contribution is 0.152. The SMILES string of the molecule is c1cncc(C2CNCCN2Cc2csc(-c3cccs3)n2)c1. The molecule has 1 aliphatic heterocycles. The second kappa shape index (κ2) is 6.88. The smallest absolute Gasteiger partial charge is 0.133 e. The number of nitrogens with one attached hydrogen (secondary N) is 1. The lowest BCUT2D eigenvalue weighted by Gasteiger charge is -2.35. The Balaban J connectivity index is 1.52. The topological polar surface area (TPSA) is 41.1 Å². The first-order valence-corrected chi connectivity index (χ1v) is 9.49. The van der Waals surface area contributed by atoms with Gasteiger partial charge in [-0.2, -0.15) is 0 Å². The largest absolute Gasteiger partial charge is 0.314 e. The number of thiazole rings is 1. The Morgan fingerprint density at radius 2 is 2.26 bits per heavy atom. The summed E-state index contributed by atoms with van der Waals surface area (Å²) in [5.41, 5.74) is 2.43. The molecule has 4 nitrogen and oxygen atoms in total. The number of nitrogens with zero attached hydrogens (tertiary/aromatic N) is 3. The van der Waals surface area contributed by atoms with Gasteiger partial charge in [-0.05, 0) is 23.1 Å². The van der Waals surface area contributed by atoms with Crippen molar-refractivity contribution in [1.29, 1.82) is 0 Å². The molecule has 118 valence electrons. The molecule has 1 aliphatic rings. The molecule has 0 spiro atoms. The summed E-state index contributed by atoms with van der Waals surface area (Å²) >= 11 is 3.49.